The summed E-state index contributed by atoms with van der Waals surface area (Å²) in [5, 5.41) is 13.1. The van der Waals surface area contributed by atoms with E-state index in [4.69, 9.17) is 4.74 Å². The smallest absolute Gasteiger partial charge is 0.407 e. The molecule has 11 heteroatoms. The standard InChI is InChI=1S/C36H46N6O5/c1-3-4-16-30(32(43)33(44)38-27(2)28-12-7-5-8-13-28)42(35(45)46)25-36(18-11-19-36)26-47-31-17-20-37-34(39-31)41-23-21-40(22-24-41)29-14-9-6-10-15-29/h5-10,12-15,17,20,27,30H,3-4,11,16,18-19,21-26H2,1-2H3,(H,38,44)(H,45,46)/t27-,30+/m1/s1. The fourth-order valence-electron chi connectivity index (χ4n) is 6.36. The molecule has 1 saturated heterocycles. The lowest BCUT2D eigenvalue weighted by atomic mass is 9.68. The Labute approximate surface area is 276 Å². The van der Waals surface area contributed by atoms with E-state index in [9.17, 15) is 19.5 Å². The first-order valence-electron chi connectivity index (χ1n) is 16.7. The van der Waals surface area contributed by atoms with Gasteiger partial charge < -0.3 is 25.0 Å². The van der Waals surface area contributed by atoms with Gasteiger partial charge in [-0.3, -0.25) is 14.5 Å². The molecule has 47 heavy (non-hydrogen) atoms. The number of rotatable bonds is 15. The van der Waals surface area contributed by atoms with Gasteiger partial charge in [0.1, 0.15) is 6.04 Å². The molecule has 2 N–H and O–H groups in total. The Morgan fingerprint density at radius 2 is 1.64 bits per heavy atom. The zero-order chi connectivity index (χ0) is 33.2. The minimum absolute atomic E-state index is 0.101. The highest BCUT2D eigenvalue weighted by molar-refractivity contribution is 6.38. The first kappa shape index (κ1) is 33.7. The molecule has 1 saturated carbocycles. The fraction of sp³-hybridized carbons (Fsp3) is 0.472. The first-order chi connectivity index (χ1) is 22.8. The van der Waals surface area contributed by atoms with Gasteiger partial charge in [0.15, 0.2) is 0 Å². The van der Waals surface area contributed by atoms with Crippen molar-refractivity contribution in [1.29, 1.82) is 0 Å². The highest BCUT2D eigenvalue weighted by Crippen LogP contribution is 2.42. The molecule has 2 atom stereocenters. The zero-order valence-electron chi connectivity index (χ0n) is 27.4. The number of hydrogen-bond acceptors (Lipinski definition) is 8. The summed E-state index contributed by atoms with van der Waals surface area (Å²) in [4.78, 5) is 54.2. The van der Waals surface area contributed by atoms with Crippen LogP contribution in [0.2, 0.25) is 0 Å². The lowest BCUT2D eigenvalue weighted by Gasteiger charge is -2.45. The molecule has 0 spiro atoms. The number of aromatic nitrogens is 2. The van der Waals surface area contributed by atoms with Crippen LogP contribution in [0.15, 0.2) is 72.9 Å². The van der Waals surface area contributed by atoms with Gasteiger partial charge in [-0.2, -0.15) is 4.98 Å². The average Bonchev–Trinajstić information content (AvgIpc) is 3.09. The van der Waals surface area contributed by atoms with Crippen LogP contribution in [0.5, 0.6) is 5.88 Å². The van der Waals surface area contributed by atoms with E-state index in [1.54, 1.807) is 19.2 Å². The van der Waals surface area contributed by atoms with Crippen LogP contribution < -0.4 is 19.9 Å². The first-order valence-corrected chi connectivity index (χ1v) is 16.7. The maximum atomic E-state index is 13.5. The van der Waals surface area contributed by atoms with Gasteiger partial charge >= 0.3 is 6.09 Å². The summed E-state index contributed by atoms with van der Waals surface area (Å²) >= 11 is 0. The van der Waals surface area contributed by atoms with Crippen LogP contribution in [0.25, 0.3) is 0 Å². The van der Waals surface area contributed by atoms with Crippen molar-refractivity contribution in [3.63, 3.8) is 0 Å². The summed E-state index contributed by atoms with van der Waals surface area (Å²) in [6, 6.07) is 20.0. The number of unbranched alkanes of at least 4 members (excludes halogenated alkanes) is 1. The van der Waals surface area contributed by atoms with Gasteiger partial charge in [0.05, 0.1) is 12.6 Å². The largest absolute Gasteiger partial charge is 0.477 e. The molecule has 5 rings (SSSR count). The topological polar surface area (TPSA) is 128 Å². The second-order valence-electron chi connectivity index (χ2n) is 12.7. The third kappa shape index (κ3) is 8.58. The van der Waals surface area contributed by atoms with Crippen LogP contribution in [-0.4, -0.2) is 83.1 Å². The van der Waals surface area contributed by atoms with E-state index in [2.05, 4.69) is 37.2 Å². The molecule has 11 nitrogen and oxygen atoms in total. The number of nitrogens with zero attached hydrogens (tertiary/aromatic N) is 5. The van der Waals surface area contributed by atoms with Crippen LogP contribution >= 0.6 is 0 Å². The minimum Gasteiger partial charge on any atom is -0.477 e. The van der Waals surface area contributed by atoms with E-state index in [0.717, 1.165) is 57.4 Å². The third-order valence-electron chi connectivity index (χ3n) is 9.37. The Bertz CT molecular complexity index is 1480. The number of benzene rings is 2. The van der Waals surface area contributed by atoms with Crippen molar-refractivity contribution in [3.05, 3.63) is 78.5 Å². The monoisotopic (exact) mass is 642 g/mol. The van der Waals surface area contributed by atoms with Crippen molar-refractivity contribution in [2.75, 3.05) is 49.1 Å². The number of carboxylic acid groups (broad SMARTS) is 1. The van der Waals surface area contributed by atoms with Crippen LogP contribution in [0.3, 0.4) is 0 Å². The lowest BCUT2D eigenvalue weighted by molar-refractivity contribution is -0.141. The van der Waals surface area contributed by atoms with Crippen molar-refractivity contribution < 1.29 is 24.2 Å². The summed E-state index contributed by atoms with van der Waals surface area (Å²) in [6.45, 7) is 7.40. The molecular weight excluding hydrogens is 596 g/mol. The van der Waals surface area contributed by atoms with Crippen LogP contribution in [0, 0.1) is 5.41 Å². The Morgan fingerprint density at radius 3 is 2.26 bits per heavy atom. The number of carbonyl (C=O) groups excluding carboxylic acids is 2. The maximum Gasteiger partial charge on any atom is 0.407 e. The van der Waals surface area contributed by atoms with Gasteiger partial charge in [-0.25, -0.2) is 9.78 Å². The van der Waals surface area contributed by atoms with E-state index in [1.165, 1.54) is 10.6 Å². The van der Waals surface area contributed by atoms with Gasteiger partial charge in [0.25, 0.3) is 5.91 Å². The molecule has 2 fully saturated rings. The number of para-hydroxylation sites is 1. The summed E-state index contributed by atoms with van der Waals surface area (Å²) < 4.78 is 6.21. The van der Waals surface area contributed by atoms with Gasteiger partial charge in [-0.1, -0.05) is 74.7 Å². The summed E-state index contributed by atoms with van der Waals surface area (Å²) in [6.07, 6.45) is 4.57. The van der Waals surface area contributed by atoms with E-state index in [-0.39, 0.29) is 19.6 Å². The van der Waals surface area contributed by atoms with Gasteiger partial charge in [0, 0.05) is 56.1 Å². The van der Waals surface area contributed by atoms with Crippen molar-refractivity contribution in [2.45, 2.75) is 64.5 Å². The molecule has 2 amide bonds. The third-order valence-corrected chi connectivity index (χ3v) is 9.37. The summed E-state index contributed by atoms with van der Waals surface area (Å²) in [7, 11) is 0. The maximum absolute atomic E-state index is 13.5. The second kappa shape index (κ2) is 15.8. The molecule has 1 aromatic heterocycles. The van der Waals surface area contributed by atoms with Gasteiger partial charge in [-0.05, 0) is 43.9 Å². The van der Waals surface area contributed by atoms with Crippen LogP contribution in [-0.2, 0) is 9.59 Å². The Balaban J connectivity index is 1.22. The quantitative estimate of drug-likeness (QED) is 0.211. The van der Waals surface area contributed by atoms with Crippen molar-refractivity contribution in [2.24, 2.45) is 5.41 Å². The van der Waals surface area contributed by atoms with Gasteiger partial charge in [-0.15, -0.1) is 0 Å². The number of hydrogen-bond donors (Lipinski definition) is 2. The number of Topliss-reactive ketones (excluding diaryl/α,β-unsaturated/α-hetero) is 1. The predicted octanol–water partition coefficient (Wildman–Crippen LogP) is 5.34. The lowest BCUT2D eigenvalue weighted by Crippen LogP contribution is -2.55. The van der Waals surface area contributed by atoms with Gasteiger partial charge in [0.2, 0.25) is 17.6 Å². The molecule has 2 aliphatic rings. The summed E-state index contributed by atoms with van der Waals surface area (Å²) in [5.74, 6) is -0.468. The fourth-order valence-corrected chi connectivity index (χ4v) is 6.36. The number of piperazine rings is 1. The number of carbonyl (C=O) groups is 3. The van der Waals surface area contributed by atoms with Crippen molar-refractivity contribution in [3.8, 4) is 5.88 Å². The highest BCUT2D eigenvalue weighted by Gasteiger charge is 2.44. The molecule has 2 aromatic carbocycles. The van der Waals surface area contributed by atoms with E-state index >= 15 is 0 Å². The Morgan fingerprint density at radius 1 is 0.979 bits per heavy atom. The van der Waals surface area contributed by atoms with Crippen molar-refractivity contribution in [1.82, 2.24) is 20.2 Å². The molecule has 1 aliphatic carbocycles. The molecule has 0 unspecified atom stereocenters. The Hall–Kier alpha value is -4.67. The molecular formula is C36H46N6O5. The number of ether oxygens (including phenoxy) is 1. The second-order valence-corrected chi connectivity index (χ2v) is 12.7. The minimum atomic E-state index is -1.21. The number of anilines is 2. The summed E-state index contributed by atoms with van der Waals surface area (Å²) in [5.41, 5.74) is 1.58. The van der Waals surface area contributed by atoms with Crippen molar-refractivity contribution >= 4 is 29.4 Å². The Kier molecular flexibility index (Phi) is 11.3. The number of ketones is 1. The molecule has 3 aromatic rings. The van der Waals surface area contributed by atoms with E-state index in [1.807, 2.05) is 55.5 Å². The van der Waals surface area contributed by atoms with Crippen LogP contribution in [0.1, 0.15) is 64.0 Å². The predicted molar refractivity (Wildman–Crippen MR) is 181 cm³/mol. The van der Waals surface area contributed by atoms with E-state index in [0.29, 0.717) is 18.2 Å². The normalized spacial score (nSPS) is 16.8. The number of amides is 2. The highest BCUT2D eigenvalue weighted by atomic mass is 16.5. The van der Waals surface area contributed by atoms with E-state index < -0.39 is 35.3 Å². The molecule has 250 valence electrons. The number of nitrogens with one attached hydrogen (secondary N) is 1. The molecule has 0 bridgehead atoms. The van der Waals surface area contributed by atoms with Crippen LogP contribution in [0.4, 0.5) is 16.4 Å². The molecule has 0 radical (unpaired) electrons. The average molecular weight is 643 g/mol. The molecule has 1 aliphatic heterocycles. The zero-order valence-corrected chi connectivity index (χ0v) is 27.4. The molecule has 2 heterocycles. The SMILES string of the molecule is CCCC[C@@H](C(=O)C(=O)N[C@H](C)c1ccccc1)N(CC1(COc2ccnc(N3CCN(c4ccccc4)CC3)n2)CCC1)C(=O)O.